The van der Waals surface area contributed by atoms with Crippen LogP contribution in [-0.2, 0) is 5.41 Å². The molecule has 0 aliphatic carbocycles. The molecule has 2 unspecified atom stereocenters. The Hall–Kier alpha value is -2.62. The molecule has 2 atom stereocenters. The van der Waals surface area contributed by atoms with Crippen LogP contribution in [0, 0.1) is 23.1 Å². The largest absolute Gasteiger partial charge is 0.493 e. The molecule has 1 N–H and O–H groups in total. The Bertz CT molecular complexity index is 951. The van der Waals surface area contributed by atoms with Crippen molar-refractivity contribution in [2.24, 2.45) is 5.92 Å². The van der Waals surface area contributed by atoms with Gasteiger partial charge >= 0.3 is 0 Å². The molecular formula is C28H37FN2O3. The van der Waals surface area contributed by atoms with Crippen LogP contribution in [0.3, 0.4) is 0 Å². The average molecular weight is 469 g/mol. The van der Waals surface area contributed by atoms with Gasteiger partial charge in [-0.3, -0.25) is 0 Å². The lowest BCUT2D eigenvalue weighted by Gasteiger charge is -2.35. The van der Waals surface area contributed by atoms with Gasteiger partial charge in [-0.05, 0) is 93.0 Å². The highest BCUT2D eigenvalue weighted by molar-refractivity contribution is 5.47. The zero-order valence-corrected chi connectivity index (χ0v) is 20.6. The molecule has 2 aromatic carbocycles. The van der Waals surface area contributed by atoms with Crippen LogP contribution in [0.5, 0.6) is 11.5 Å². The second-order valence-electron chi connectivity index (χ2n) is 9.29. The topological polar surface area (TPSA) is 65.7 Å². The predicted molar refractivity (Wildman–Crippen MR) is 132 cm³/mol. The second kappa shape index (κ2) is 12.2. The van der Waals surface area contributed by atoms with E-state index in [0.717, 1.165) is 69.3 Å². The highest BCUT2D eigenvalue weighted by Crippen LogP contribution is 2.39. The normalized spacial score (nSPS) is 17.5. The molecule has 0 amide bonds. The van der Waals surface area contributed by atoms with E-state index in [4.69, 9.17) is 9.47 Å². The number of hydrogen-bond donors (Lipinski definition) is 1. The molecule has 34 heavy (non-hydrogen) atoms. The maximum atomic E-state index is 13.2. The summed E-state index contributed by atoms with van der Waals surface area (Å²) >= 11 is 0. The molecule has 0 bridgehead atoms. The van der Waals surface area contributed by atoms with Crippen LogP contribution in [-0.4, -0.2) is 43.9 Å². The van der Waals surface area contributed by atoms with Gasteiger partial charge in [0.05, 0.1) is 31.8 Å². The van der Waals surface area contributed by atoms with E-state index in [1.54, 1.807) is 26.4 Å². The molecule has 2 aromatic rings. The van der Waals surface area contributed by atoms with E-state index in [1.165, 1.54) is 12.1 Å². The van der Waals surface area contributed by atoms with E-state index < -0.39 is 11.5 Å². The fraction of sp³-hybridized carbons (Fsp3) is 0.536. The summed E-state index contributed by atoms with van der Waals surface area (Å²) in [5.74, 6) is 1.22. The van der Waals surface area contributed by atoms with E-state index in [-0.39, 0.29) is 11.7 Å². The van der Waals surface area contributed by atoms with Crippen molar-refractivity contribution in [3.63, 3.8) is 0 Å². The van der Waals surface area contributed by atoms with Crippen LogP contribution in [0.2, 0.25) is 0 Å². The molecule has 0 saturated carbocycles. The summed E-state index contributed by atoms with van der Waals surface area (Å²) in [6.45, 7) is 4.89. The Balaban J connectivity index is 1.57. The number of nitrogens with zero attached hydrogens (tertiary/aromatic N) is 2. The number of benzene rings is 2. The van der Waals surface area contributed by atoms with Gasteiger partial charge in [0, 0.05) is 0 Å². The van der Waals surface area contributed by atoms with E-state index >= 15 is 0 Å². The Labute approximate surface area is 203 Å². The number of likely N-dealkylation sites (tertiary alicyclic amines) is 1. The third-order valence-corrected chi connectivity index (χ3v) is 7.20. The van der Waals surface area contributed by atoms with E-state index in [9.17, 15) is 14.8 Å². The summed E-state index contributed by atoms with van der Waals surface area (Å²) in [6.07, 6.45) is 4.69. The number of ether oxygens (including phenoxy) is 2. The van der Waals surface area contributed by atoms with Gasteiger partial charge in [-0.25, -0.2) is 4.39 Å². The van der Waals surface area contributed by atoms with E-state index in [0.29, 0.717) is 11.5 Å². The van der Waals surface area contributed by atoms with Crippen molar-refractivity contribution in [1.29, 1.82) is 5.26 Å². The molecular weight excluding hydrogens is 431 g/mol. The number of halogens is 1. The molecule has 1 heterocycles. The maximum Gasteiger partial charge on any atom is 0.161 e. The van der Waals surface area contributed by atoms with Crippen LogP contribution < -0.4 is 9.47 Å². The van der Waals surface area contributed by atoms with Crippen molar-refractivity contribution in [2.75, 3.05) is 33.9 Å². The van der Waals surface area contributed by atoms with Crippen LogP contribution >= 0.6 is 0 Å². The summed E-state index contributed by atoms with van der Waals surface area (Å²) in [4.78, 5) is 2.43. The molecule has 184 valence electrons. The minimum Gasteiger partial charge on any atom is -0.493 e. The minimum atomic E-state index is -0.552. The third kappa shape index (κ3) is 6.08. The van der Waals surface area contributed by atoms with Crippen LogP contribution in [0.25, 0.3) is 0 Å². The standard InChI is InChI=1S/C28H37FN2O3/c1-4-14-28(20-30,23-8-11-25(33-2)26(19-23)34-3)15-5-16-31-17-12-22(13-18-31)27(32)21-6-9-24(29)10-7-21/h6-11,19,22,27,32H,4-5,12-18H2,1-3H3. The fourth-order valence-corrected chi connectivity index (χ4v) is 5.18. The van der Waals surface area contributed by atoms with Crippen LogP contribution in [0.1, 0.15) is 62.7 Å². The average Bonchev–Trinajstić information content (AvgIpc) is 2.88. The van der Waals surface area contributed by atoms with Crippen molar-refractivity contribution in [3.05, 3.63) is 59.4 Å². The summed E-state index contributed by atoms with van der Waals surface area (Å²) in [5.41, 5.74) is 1.22. The molecule has 3 rings (SSSR count). The Morgan fingerprint density at radius 1 is 1.09 bits per heavy atom. The number of methoxy groups -OCH3 is 2. The van der Waals surface area contributed by atoms with Crippen molar-refractivity contribution < 1.29 is 19.0 Å². The molecule has 6 heteroatoms. The van der Waals surface area contributed by atoms with Gasteiger partial charge < -0.3 is 19.5 Å². The highest BCUT2D eigenvalue weighted by Gasteiger charge is 2.33. The first-order chi connectivity index (χ1) is 16.5. The number of hydrogen-bond acceptors (Lipinski definition) is 5. The molecule has 0 spiro atoms. The number of piperidine rings is 1. The number of aliphatic hydroxyl groups is 1. The fourth-order valence-electron chi connectivity index (χ4n) is 5.18. The van der Waals surface area contributed by atoms with Gasteiger partial charge in [0.2, 0.25) is 0 Å². The van der Waals surface area contributed by atoms with Gasteiger partial charge in [-0.15, -0.1) is 0 Å². The van der Waals surface area contributed by atoms with Gasteiger partial charge in [0.25, 0.3) is 0 Å². The molecule has 1 saturated heterocycles. The first-order valence-corrected chi connectivity index (χ1v) is 12.3. The van der Waals surface area contributed by atoms with Crippen LogP contribution in [0.4, 0.5) is 4.39 Å². The molecule has 5 nitrogen and oxygen atoms in total. The quantitative estimate of drug-likeness (QED) is 0.463. The zero-order chi connectivity index (χ0) is 24.6. The first-order valence-electron chi connectivity index (χ1n) is 12.3. The lowest BCUT2D eigenvalue weighted by molar-refractivity contribution is 0.0580. The Morgan fingerprint density at radius 2 is 1.76 bits per heavy atom. The van der Waals surface area contributed by atoms with Gasteiger partial charge in [-0.2, -0.15) is 5.26 Å². The summed E-state index contributed by atoms with van der Waals surface area (Å²) < 4.78 is 24.0. The van der Waals surface area contributed by atoms with E-state index in [2.05, 4.69) is 17.9 Å². The van der Waals surface area contributed by atoms with Gasteiger partial charge in [0.15, 0.2) is 11.5 Å². The first kappa shape index (κ1) is 26.0. The summed E-state index contributed by atoms with van der Waals surface area (Å²) in [7, 11) is 3.23. The smallest absolute Gasteiger partial charge is 0.161 e. The molecule has 1 aliphatic rings. The zero-order valence-electron chi connectivity index (χ0n) is 20.6. The number of aliphatic hydroxyl groups excluding tert-OH is 1. The number of nitriles is 1. The monoisotopic (exact) mass is 468 g/mol. The van der Waals surface area contributed by atoms with Crippen LogP contribution in [0.15, 0.2) is 42.5 Å². The molecule has 1 aliphatic heterocycles. The molecule has 0 aromatic heterocycles. The maximum absolute atomic E-state index is 13.2. The van der Waals surface area contributed by atoms with Gasteiger partial charge in [0.1, 0.15) is 5.82 Å². The van der Waals surface area contributed by atoms with Gasteiger partial charge in [-0.1, -0.05) is 31.5 Å². The number of rotatable bonds is 11. The molecule has 0 radical (unpaired) electrons. The van der Waals surface area contributed by atoms with Crippen molar-refractivity contribution >= 4 is 0 Å². The van der Waals surface area contributed by atoms with Crippen molar-refractivity contribution in [1.82, 2.24) is 4.90 Å². The third-order valence-electron chi connectivity index (χ3n) is 7.20. The van der Waals surface area contributed by atoms with Crippen molar-refractivity contribution in [2.45, 2.75) is 57.0 Å². The van der Waals surface area contributed by atoms with E-state index in [1.807, 2.05) is 18.2 Å². The molecule has 1 fully saturated rings. The van der Waals surface area contributed by atoms with Crippen molar-refractivity contribution in [3.8, 4) is 17.6 Å². The Morgan fingerprint density at radius 3 is 2.35 bits per heavy atom. The highest BCUT2D eigenvalue weighted by atomic mass is 19.1. The minimum absolute atomic E-state index is 0.187. The Kier molecular flexibility index (Phi) is 9.32. The SMILES string of the molecule is CCCC(C#N)(CCCN1CCC(C(O)c2ccc(F)cc2)CC1)c1ccc(OC)c(OC)c1. The second-order valence-corrected chi connectivity index (χ2v) is 9.29. The lowest BCUT2D eigenvalue weighted by Crippen LogP contribution is -2.37. The summed E-state index contributed by atoms with van der Waals surface area (Å²) in [6, 6.07) is 14.6. The lowest BCUT2D eigenvalue weighted by atomic mass is 9.74. The summed E-state index contributed by atoms with van der Waals surface area (Å²) in [5, 5.41) is 20.9. The predicted octanol–water partition coefficient (Wildman–Crippen LogP) is 5.63.